The lowest BCUT2D eigenvalue weighted by atomic mass is 9.92. The lowest BCUT2D eigenvalue weighted by Gasteiger charge is -2.33. The van der Waals surface area contributed by atoms with Crippen molar-refractivity contribution in [2.45, 2.75) is 74.7 Å². The quantitative estimate of drug-likeness (QED) is 0.318. The third-order valence-electron chi connectivity index (χ3n) is 9.34. The molecule has 0 bridgehead atoms. The largest absolute Gasteiger partial charge is 0.401 e. The molecule has 3 aliphatic rings. The highest BCUT2D eigenvalue weighted by atomic mass is 19.4. The monoisotopic (exact) mass is 616 g/mol. The van der Waals surface area contributed by atoms with Gasteiger partial charge in [0, 0.05) is 37.8 Å². The van der Waals surface area contributed by atoms with Crippen LogP contribution in [0.1, 0.15) is 73.7 Å². The molecule has 2 fully saturated rings. The second kappa shape index (κ2) is 10.4. The maximum absolute atomic E-state index is 14.9. The number of aromatic amines is 1. The van der Waals surface area contributed by atoms with Crippen molar-refractivity contribution in [3.63, 3.8) is 0 Å². The Balaban J connectivity index is 1.13. The number of carbonyl (C=O) groups excluding carboxylic acids is 1. The molecule has 1 aliphatic carbocycles. The number of hydrogen-bond acceptors (Lipinski definition) is 5. The number of aromatic nitrogens is 6. The first-order valence-corrected chi connectivity index (χ1v) is 14.6. The fourth-order valence-electron chi connectivity index (χ4n) is 6.79. The highest BCUT2D eigenvalue weighted by Gasteiger charge is 2.67. The summed E-state index contributed by atoms with van der Waals surface area (Å²) in [5.41, 5.74) is -1.19. The van der Waals surface area contributed by atoms with E-state index < -0.39 is 41.2 Å². The fourth-order valence-corrected chi connectivity index (χ4v) is 6.79. The van der Waals surface area contributed by atoms with Crippen molar-refractivity contribution in [1.82, 2.24) is 39.5 Å². The van der Waals surface area contributed by atoms with Crippen molar-refractivity contribution in [2.24, 2.45) is 0 Å². The summed E-state index contributed by atoms with van der Waals surface area (Å²) in [7, 11) is 0. The van der Waals surface area contributed by atoms with Crippen molar-refractivity contribution >= 4 is 17.2 Å². The van der Waals surface area contributed by atoms with E-state index in [1.807, 2.05) is 6.07 Å². The van der Waals surface area contributed by atoms with E-state index in [1.165, 1.54) is 16.7 Å². The zero-order valence-corrected chi connectivity index (χ0v) is 23.4. The molecular weight excluding hydrogens is 587 g/mol. The number of fused-ring (bicyclic) bond motifs is 2. The summed E-state index contributed by atoms with van der Waals surface area (Å²) in [5.74, 6) is -2.84. The number of rotatable bonds is 4. The van der Waals surface area contributed by atoms with Crippen LogP contribution in [-0.2, 0) is 12.0 Å². The van der Waals surface area contributed by atoms with Gasteiger partial charge in [-0.05, 0) is 62.3 Å². The molecule has 0 radical (unpaired) electrons. The normalized spacial score (nSPS) is 22.1. The number of nitrogens with one attached hydrogen (secondary N) is 2. The summed E-state index contributed by atoms with van der Waals surface area (Å²) >= 11 is 0. The van der Waals surface area contributed by atoms with Gasteiger partial charge in [-0.15, -0.1) is 10.2 Å². The summed E-state index contributed by atoms with van der Waals surface area (Å²) in [5, 5.41) is 11.0. The number of carbonyl (C=O) groups is 1. The van der Waals surface area contributed by atoms with Crippen molar-refractivity contribution < 1.29 is 26.7 Å². The van der Waals surface area contributed by atoms with E-state index in [9.17, 15) is 31.5 Å². The van der Waals surface area contributed by atoms with Crippen molar-refractivity contribution in [3.8, 4) is 0 Å². The van der Waals surface area contributed by atoms with Crippen LogP contribution in [0.4, 0.5) is 26.7 Å². The Morgan fingerprint density at radius 1 is 1.02 bits per heavy atom. The molecule has 2 atom stereocenters. The van der Waals surface area contributed by atoms with Crippen LogP contribution in [0.25, 0.3) is 11.2 Å². The second-order valence-corrected chi connectivity index (χ2v) is 11.9. The minimum atomic E-state index is -4.56. The van der Waals surface area contributed by atoms with E-state index in [-0.39, 0.29) is 61.2 Å². The van der Waals surface area contributed by atoms with Crippen molar-refractivity contribution in [1.29, 1.82) is 0 Å². The van der Waals surface area contributed by atoms with E-state index in [0.717, 1.165) is 6.07 Å². The van der Waals surface area contributed by atoms with Crippen LogP contribution in [0, 0.1) is 11.6 Å². The van der Waals surface area contributed by atoms with Crippen molar-refractivity contribution in [2.75, 3.05) is 13.1 Å². The average molecular weight is 617 g/mol. The SMILES string of the molecule is O=C(N[C@@H]1CC[C@@H](c2cccc(F)c2F)Cn2c1nnc2C1(C(F)(F)F)CC1)N1CCC(n2c(=O)[nH]c3ncccc32)CC1. The number of piperidine rings is 1. The molecule has 3 aromatic heterocycles. The first-order chi connectivity index (χ1) is 21.1. The van der Waals surface area contributed by atoms with Crippen LogP contribution in [0.3, 0.4) is 0 Å². The predicted octanol–water partition coefficient (Wildman–Crippen LogP) is 4.85. The first kappa shape index (κ1) is 28.5. The molecule has 0 spiro atoms. The van der Waals surface area contributed by atoms with Gasteiger partial charge in [-0.3, -0.25) is 9.55 Å². The number of alkyl halides is 3. The van der Waals surface area contributed by atoms with E-state index >= 15 is 0 Å². The van der Waals surface area contributed by atoms with Crippen LogP contribution < -0.4 is 11.0 Å². The van der Waals surface area contributed by atoms with E-state index in [4.69, 9.17) is 0 Å². The van der Waals surface area contributed by atoms with Gasteiger partial charge in [0.05, 0.1) is 11.6 Å². The van der Waals surface area contributed by atoms with Gasteiger partial charge in [-0.2, -0.15) is 13.2 Å². The van der Waals surface area contributed by atoms with Gasteiger partial charge in [-0.25, -0.2) is 23.4 Å². The molecule has 15 heteroatoms. The second-order valence-electron chi connectivity index (χ2n) is 11.9. The highest BCUT2D eigenvalue weighted by molar-refractivity contribution is 5.75. The number of halogens is 5. The molecule has 2 N–H and O–H groups in total. The molecule has 232 valence electrons. The van der Waals surface area contributed by atoms with Crippen LogP contribution in [0.5, 0.6) is 0 Å². The van der Waals surface area contributed by atoms with Crippen LogP contribution in [-0.4, -0.2) is 59.5 Å². The summed E-state index contributed by atoms with van der Waals surface area (Å²) in [6, 6.07) is 5.98. The third-order valence-corrected chi connectivity index (χ3v) is 9.34. The first-order valence-electron chi connectivity index (χ1n) is 14.6. The zero-order chi connectivity index (χ0) is 30.8. The lowest BCUT2D eigenvalue weighted by Crippen LogP contribution is -2.46. The van der Waals surface area contributed by atoms with Gasteiger partial charge in [-0.1, -0.05) is 12.1 Å². The molecule has 1 aromatic carbocycles. The molecule has 7 rings (SSSR count). The number of hydrogen-bond donors (Lipinski definition) is 2. The fraction of sp³-hybridized carbons (Fsp3) is 0.483. The molecular formula is C29H29F5N8O2. The van der Waals surface area contributed by atoms with Crippen LogP contribution in [0.2, 0.25) is 0 Å². The Morgan fingerprint density at radius 3 is 2.52 bits per heavy atom. The van der Waals surface area contributed by atoms with Crippen LogP contribution >= 0.6 is 0 Å². The predicted molar refractivity (Wildman–Crippen MR) is 147 cm³/mol. The van der Waals surface area contributed by atoms with E-state index in [0.29, 0.717) is 37.1 Å². The van der Waals surface area contributed by atoms with Gasteiger partial charge in [0.15, 0.2) is 23.1 Å². The molecule has 44 heavy (non-hydrogen) atoms. The Morgan fingerprint density at radius 2 is 1.80 bits per heavy atom. The molecule has 5 heterocycles. The maximum Gasteiger partial charge on any atom is 0.401 e. The smallest absolute Gasteiger partial charge is 0.328 e. The maximum atomic E-state index is 14.9. The standard InChI is InChI=1S/C29H29F5N8O2/c30-19-4-1-3-18(22(19)31)16-6-7-20(24-38-39-25(41(24)15-16)28(10-11-28)29(32,33)34)36-26(43)40-13-8-17(9-14-40)42-21-5-2-12-35-23(21)37-27(42)44/h1-5,12,16-17,20H,6-11,13-15H2,(H,36,43)(H,35,37,44)/t16-,20-/m1/s1. The van der Waals surface area contributed by atoms with E-state index in [1.54, 1.807) is 21.7 Å². The van der Waals surface area contributed by atoms with Gasteiger partial charge in [0.1, 0.15) is 11.2 Å². The third kappa shape index (κ3) is 4.63. The molecule has 1 saturated heterocycles. The molecule has 10 nitrogen and oxygen atoms in total. The Labute approximate surface area is 247 Å². The summed E-state index contributed by atoms with van der Waals surface area (Å²) in [4.78, 5) is 34.6. The van der Waals surface area contributed by atoms with Crippen molar-refractivity contribution in [3.05, 3.63) is 75.9 Å². The number of amides is 2. The summed E-state index contributed by atoms with van der Waals surface area (Å²) in [6.45, 7) is 0.603. The highest BCUT2D eigenvalue weighted by Crippen LogP contribution is 2.58. The Hall–Kier alpha value is -4.30. The molecule has 4 aromatic rings. The average Bonchev–Trinajstić information content (AvgIpc) is 3.66. The van der Waals surface area contributed by atoms with Gasteiger partial charge in [0.2, 0.25) is 0 Å². The Bertz CT molecular complexity index is 1780. The minimum Gasteiger partial charge on any atom is -0.328 e. The van der Waals surface area contributed by atoms with Gasteiger partial charge in [0.25, 0.3) is 0 Å². The summed E-state index contributed by atoms with van der Waals surface area (Å²) in [6.07, 6.45) is -1.73. The molecule has 0 unspecified atom stereocenters. The van der Waals surface area contributed by atoms with E-state index in [2.05, 4.69) is 25.5 Å². The molecule has 2 amide bonds. The number of benzene rings is 1. The number of H-pyrrole nitrogens is 1. The van der Waals surface area contributed by atoms with Crippen LogP contribution in [0.15, 0.2) is 41.3 Å². The van der Waals surface area contributed by atoms with Gasteiger partial charge >= 0.3 is 17.9 Å². The van der Waals surface area contributed by atoms with Gasteiger partial charge < -0.3 is 14.8 Å². The topological polar surface area (TPSA) is 114 Å². The minimum absolute atomic E-state index is 0.0595. The zero-order valence-electron chi connectivity index (χ0n) is 23.4. The number of likely N-dealkylation sites (tertiary alicyclic amines) is 1. The lowest BCUT2D eigenvalue weighted by molar-refractivity contribution is -0.163. The summed E-state index contributed by atoms with van der Waals surface area (Å²) < 4.78 is 74.5. The molecule has 1 saturated carbocycles. The molecule has 2 aliphatic heterocycles. The Kier molecular flexibility index (Phi) is 6.73. The number of pyridine rings is 1. The number of urea groups is 1. The number of nitrogens with zero attached hydrogens (tertiary/aromatic N) is 6. The number of imidazole rings is 1.